The fraction of sp³-hybridized carbons (Fsp3) is 0.889. The summed E-state index contributed by atoms with van der Waals surface area (Å²) in [5, 5.41) is 43.1. The molecule has 1 amide bonds. The van der Waals surface area contributed by atoms with Crippen LogP contribution in [0.3, 0.4) is 0 Å². The van der Waals surface area contributed by atoms with E-state index in [1.54, 1.807) is 0 Å². The van der Waals surface area contributed by atoms with Crippen LogP contribution >= 0.6 is 0 Å². The van der Waals surface area contributed by atoms with Gasteiger partial charge in [-0.15, -0.1) is 0 Å². The molecule has 0 spiro atoms. The van der Waals surface area contributed by atoms with Gasteiger partial charge in [0.15, 0.2) is 0 Å². The molecule has 0 radical (unpaired) electrons. The van der Waals surface area contributed by atoms with Crippen molar-refractivity contribution in [1.82, 2.24) is 5.32 Å². The molecule has 1 aliphatic rings. The van der Waals surface area contributed by atoms with E-state index in [4.69, 9.17) is 28.4 Å². The first-order valence-corrected chi connectivity index (χ1v) is 12.2. The molecule has 1 heterocycles. The first-order chi connectivity index (χ1) is 17.6. The van der Waals surface area contributed by atoms with Crippen LogP contribution < -0.4 is 5.32 Å². The molecule has 1 rings (SSSR count). The Labute approximate surface area is 245 Å². The van der Waals surface area contributed by atoms with E-state index in [1.807, 2.05) is 13.8 Å². The third-order valence-corrected chi connectivity index (χ3v) is 5.51. The number of methoxy groups -OCH3 is 1. The molecule has 0 aromatic rings. The van der Waals surface area contributed by atoms with Gasteiger partial charge in [-0.05, 0) is 12.3 Å². The lowest BCUT2D eigenvalue weighted by Gasteiger charge is -2.46. The highest BCUT2D eigenvalue weighted by molar-refractivity contribution is 5.81. The van der Waals surface area contributed by atoms with Gasteiger partial charge in [-0.1, -0.05) is 43.6 Å². The largest absolute Gasteiger partial charge is 0.463 e. The number of amides is 1. The van der Waals surface area contributed by atoms with Gasteiger partial charge in [0.2, 0.25) is 5.91 Å². The molecule has 1 saturated heterocycles. The standard InChI is InChI=1S/C23H41NO13.4CH4/c1-15(2)6-7-35-23(36-14-26)12-16(27)20(22(37-23)21(31)17(28)13-25)24-18(29)4-5-19(30)34-11-10-33-9-8-32-3;;;;/h14-17,20-22,25,27-28,31H,4-13H2,1-3H3,(H,24,29);4*1H4. The van der Waals surface area contributed by atoms with Gasteiger partial charge in [0, 0.05) is 13.5 Å². The van der Waals surface area contributed by atoms with Gasteiger partial charge >= 0.3 is 11.9 Å². The molecule has 6 atom stereocenters. The van der Waals surface area contributed by atoms with Crippen molar-refractivity contribution in [1.29, 1.82) is 0 Å². The van der Waals surface area contributed by atoms with E-state index in [9.17, 15) is 34.8 Å². The Bertz CT molecular complexity index is 682. The van der Waals surface area contributed by atoms with Gasteiger partial charge in [-0.3, -0.25) is 14.4 Å². The Kier molecular flexibility index (Phi) is 27.7. The van der Waals surface area contributed by atoms with E-state index in [0.29, 0.717) is 19.6 Å². The highest BCUT2D eigenvalue weighted by atomic mass is 16.9. The zero-order valence-corrected chi connectivity index (χ0v) is 21.6. The molecule has 6 unspecified atom stereocenters. The number of aliphatic hydroxyl groups excluding tert-OH is 4. The molecule has 14 nitrogen and oxygen atoms in total. The number of hydrogen-bond acceptors (Lipinski definition) is 13. The summed E-state index contributed by atoms with van der Waals surface area (Å²) in [4.78, 5) is 35.5. The Morgan fingerprint density at radius 3 is 2.24 bits per heavy atom. The summed E-state index contributed by atoms with van der Waals surface area (Å²) in [5.41, 5.74) is 0. The highest BCUT2D eigenvalue weighted by Crippen LogP contribution is 2.34. The van der Waals surface area contributed by atoms with Crippen LogP contribution in [0.25, 0.3) is 0 Å². The normalized spacial score (nSPS) is 22.9. The van der Waals surface area contributed by atoms with Gasteiger partial charge < -0.3 is 54.2 Å². The summed E-state index contributed by atoms with van der Waals surface area (Å²) < 4.78 is 31.2. The smallest absolute Gasteiger partial charge is 0.332 e. The SMILES string of the molecule is C.C.C.C.COCCOCCOC(=O)CCC(=O)NC1C(O)CC(OC=O)(OCCC(C)C)OC1C(O)C(O)CO. The zero-order chi connectivity index (χ0) is 27.8. The molecule has 0 aliphatic carbocycles. The van der Waals surface area contributed by atoms with E-state index in [2.05, 4.69) is 5.32 Å². The average molecular weight is 604 g/mol. The topological polar surface area (TPSA) is 200 Å². The van der Waals surface area contributed by atoms with Crippen LogP contribution in [0.4, 0.5) is 0 Å². The van der Waals surface area contributed by atoms with E-state index in [-0.39, 0.29) is 74.8 Å². The van der Waals surface area contributed by atoms with Crippen molar-refractivity contribution in [3.05, 3.63) is 0 Å². The molecule has 0 aromatic heterocycles. The summed E-state index contributed by atoms with van der Waals surface area (Å²) in [7, 11) is 1.53. The maximum Gasteiger partial charge on any atom is 0.332 e. The van der Waals surface area contributed by atoms with Crippen LogP contribution in [0.5, 0.6) is 0 Å². The third kappa shape index (κ3) is 17.0. The predicted molar refractivity (Wildman–Crippen MR) is 152 cm³/mol. The number of aliphatic hydroxyl groups is 4. The number of hydrogen-bond donors (Lipinski definition) is 5. The van der Waals surface area contributed by atoms with Crippen LogP contribution in [-0.4, -0.2) is 122 Å². The summed E-state index contributed by atoms with van der Waals surface area (Å²) in [5.74, 6) is -3.18. The van der Waals surface area contributed by atoms with Gasteiger partial charge in [0.25, 0.3) is 6.47 Å². The lowest BCUT2D eigenvalue weighted by Crippen LogP contribution is -2.66. The second-order valence-electron chi connectivity index (χ2n) is 8.94. The minimum Gasteiger partial charge on any atom is -0.463 e. The molecular formula is C27H57NO13. The van der Waals surface area contributed by atoms with E-state index >= 15 is 0 Å². The average Bonchev–Trinajstić information content (AvgIpc) is 2.85. The number of carbonyl (C=O) groups is 3. The maximum atomic E-state index is 12.5. The zero-order valence-electron chi connectivity index (χ0n) is 21.6. The molecule has 14 heteroatoms. The van der Waals surface area contributed by atoms with Gasteiger partial charge in [0.1, 0.15) is 24.9 Å². The van der Waals surface area contributed by atoms with Gasteiger partial charge in [-0.2, -0.15) is 0 Å². The van der Waals surface area contributed by atoms with Crippen molar-refractivity contribution in [3.63, 3.8) is 0 Å². The number of esters is 1. The van der Waals surface area contributed by atoms with Gasteiger partial charge in [-0.25, -0.2) is 0 Å². The summed E-state index contributed by atoms with van der Waals surface area (Å²) in [6, 6.07) is -1.30. The van der Waals surface area contributed by atoms with Crippen molar-refractivity contribution in [3.8, 4) is 0 Å². The predicted octanol–water partition coefficient (Wildman–Crippen LogP) is 0.755. The van der Waals surface area contributed by atoms with Crippen LogP contribution in [0.2, 0.25) is 0 Å². The van der Waals surface area contributed by atoms with Crippen LogP contribution in [0.1, 0.15) is 69.2 Å². The molecule has 41 heavy (non-hydrogen) atoms. The lowest BCUT2D eigenvalue weighted by molar-refractivity contribution is -0.409. The summed E-state index contributed by atoms with van der Waals surface area (Å²) in [6.45, 7) is 4.09. The quantitative estimate of drug-likeness (QED) is 0.0600. The number of rotatable bonds is 19. The van der Waals surface area contributed by atoms with Crippen LogP contribution in [0.15, 0.2) is 0 Å². The fourth-order valence-electron chi connectivity index (χ4n) is 3.45. The Morgan fingerprint density at radius 1 is 1.05 bits per heavy atom. The fourth-order valence-corrected chi connectivity index (χ4v) is 3.45. The number of ether oxygens (including phenoxy) is 6. The monoisotopic (exact) mass is 603 g/mol. The molecule has 0 aromatic carbocycles. The second-order valence-corrected chi connectivity index (χ2v) is 8.94. The van der Waals surface area contributed by atoms with Crippen LogP contribution in [-0.2, 0) is 42.8 Å². The Balaban J connectivity index is -0.00000171. The Hall–Kier alpha value is -1.91. The first-order valence-electron chi connectivity index (χ1n) is 12.2. The molecule has 248 valence electrons. The minimum absolute atomic E-state index is 0. The molecule has 5 N–H and O–H groups in total. The highest BCUT2D eigenvalue weighted by Gasteiger charge is 2.53. The Morgan fingerprint density at radius 2 is 1.68 bits per heavy atom. The molecule has 1 fully saturated rings. The van der Waals surface area contributed by atoms with E-state index < -0.39 is 61.3 Å². The molecule has 0 saturated carbocycles. The maximum absolute atomic E-state index is 12.5. The van der Waals surface area contributed by atoms with Gasteiger partial charge in [0.05, 0.1) is 58.0 Å². The van der Waals surface area contributed by atoms with Crippen LogP contribution in [0, 0.1) is 5.92 Å². The van der Waals surface area contributed by atoms with Crippen molar-refractivity contribution < 1.29 is 63.2 Å². The third-order valence-electron chi connectivity index (χ3n) is 5.51. The molecular weight excluding hydrogens is 546 g/mol. The van der Waals surface area contributed by atoms with Crippen molar-refractivity contribution in [2.75, 3.05) is 46.8 Å². The van der Waals surface area contributed by atoms with Crippen molar-refractivity contribution in [2.45, 2.75) is 106 Å². The van der Waals surface area contributed by atoms with Crippen molar-refractivity contribution >= 4 is 18.3 Å². The second kappa shape index (κ2) is 24.7. The van der Waals surface area contributed by atoms with Crippen molar-refractivity contribution in [2.24, 2.45) is 5.92 Å². The minimum atomic E-state index is -2.09. The lowest BCUT2D eigenvalue weighted by atomic mass is 9.91. The first kappa shape index (κ1) is 46.1. The van der Waals surface area contributed by atoms with E-state index in [0.717, 1.165) is 0 Å². The van der Waals surface area contributed by atoms with E-state index in [1.165, 1.54) is 7.11 Å². The number of carbonyl (C=O) groups excluding carboxylic acids is 3. The molecule has 0 bridgehead atoms. The summed E-state index contributed by atoms with van der Waals surface area (Å²) in [6.07, 6.45) is -6.96. The molecule has 1 aliphatic heterocycles. The summed E-state index contributed by atoms with van der Waals surface area (Å²) >= 11 is 0. The number of nitrogens with one attached hydrogen (secondary N) is 1.